The van der Waals surface area contributed by atoms with Gasteiger partial charge in [0, 0.05) is 12.1 Å². The normalized spacial score (nSPS) is 16.4. The van der Waals surface area contributed by atoms with Crippen molar-refractivity contribution in [1.82, 2.24) is 15.5 Å². The fourth-order valence-corrected chi connectivity index (χ4v) is 2.93. The Morgan fingerprint density at radius 1 is 1.35 bits per heavy atom. The topological polar surface area (TPSA) is 88.2 Å². The van der Waals surface area contributed by atoms with Gasteiger partial charge < -0.3 is 14.9 Å². The second-order valence-electron chi connectivity index (χ2n) is 6.21. The van der Waals surface area contributed by atoms with Gasteiger partial charge in [-0.1, -0.05) is 42.3 Å². The largest absolute Gasteiger partial charge is 0.388 e. The molecule has 23 heavy (non-hydrogen) atoms. The summed E-state index contributed by atoms with van der Waals surface area (Å²) in [5.74, 6) is 0.546. The zero-order valence-corrected chi connectivity index (χ0v) is 13.2. The summed E-state index contributed by atoms with van der Waals surface area (Å²) < 4.78 is 5.16. The highest BCUT2D eigenvalue weighted by Gasteiger charge is 2.31. The van der Waals surface area contributed by atoms with E-state index >= 15 is 0 Å². The lowest BCUT2D eigenvalue weighted by Crippen LogP contribution is -2.41. The molecule has 1 aliphatic carbocycles. The van der Waals surface area contributed by atoms with Gasteiger partial charge in [0.25, 0.3) is 0 Å². The van der Waals surface area contributed by atoms with Gasteiger partial charge in [0.05, 0.1) is 5.60 Å². The van der Waals surface area contributed by atoms with Crippen LogP contribution in [0.5, 0.6) is 0 Å². The molecule has 0 spiro atoms. The van der Waals surface area contributed by atoms with E-state index in [2.05, 4.69) is 15.5 Å². The molecule has 2 aromatic rings. The van der Waals surface area contributed by atoms with Crippen molar-refractivity contribution in [2.45, 2.75) is 44.6 Å². The smallest absolute Gasteiger partial charge is 0.236 e. The zero-order valence-electron chi connectivity index (χ0n) is 13.2. The molecule has 0 saturated heterocycles. The number of nitrogens with zero attached hydrogens (tertiary/aromatic N) is 2. The molecule has 2 N–H and O–H groups in total. The minimum atomic E-state index is -0.753. The van der Waals surface area contributed by atoms with Gasteiger partial charge >= 0.3 is 0 Å². The molecule has 1 aromatic heterocycles. The minimum Gasteiger partial charge on any atom is -0.388 e. The molecule has 1 heterocycles. The molecule has 1 amide bonds. The van der Waals surface area contributed by atoms with Gasteiger partial charge in [0.15, 0.2) is 0 Å². The number of aliphatic hydroxyl groups is 1. The van der Waals surface area contributed by atoms with Crippen molar-refractivity contribution in [3.63, 3.8) is 0 Å². The Hall–Kier alpha value is -2.21. The second-order valence-corrected chi connectivity index (χ2v) is 6.21. The molecule has 1 fully saturated rings. The molecule has 1 saturated carbocycles. The molecule has 1 aliphatic rings. The standard InChI is InChI=1S/C17H21N3O3/c1-12-6-2-3-7-13(12)16-19-15(23-20-16)10-14(21)18-11-17(22)8-4-5-9-17/h2-3,6-7,22H,4-5,8-11H2,1H3,(H,18,21). The molecule has 6 heteroatoms. The fraction of sp³-hybridized carbons (Fsp3) is 0.471. The third-order valence-corrected chi connectivity index (χ3v) is 4.31. The van der Waals surface area contributed by atoms with Gasteiger partial charge in [0.2, 0.25) is 17.6 Å². The number of carbonyl (C=O) groups excluding carboxylic acids is 1. The van der Waals surface area contributed by atoms with E-state index < -0.39 is 5.60 Å². The first-order chi connectivity index (χ1) is 11.1. The molecule has 1 aromatic carbocycles. The van der Waals surface area contributed by atoms with Crippen LogP contribution in [-0.2, 0) is 11.2 Å². The number of nitrogens with one attached hydrogen (secondary N) is 1. The van der Waals surface area contributed by atoms with Crippen molar-refractivity contribution in [1.29, 1.82) is 0 Å². The highest BCUT2D eigenvalue weighted by atomic mass is 16.5. The molecule has 0 unspecified atom stereocenters. The van der Waals surface area contributed by atoms with Crippen LogP contribution in [0, 0.1) is 6.92 Å². The van der Waals surface area contributed by atoms with E-state index in [9.17, 15) is 9.90 Å². The van der Waals surface area contributed by atoms with Crippen LogP contribution in [0.25, 0.3) is 11.4 Å². The molecular weight excluding hydrogens is 294 g/mol. The summed E-state index contributed by atoms with van der Waals surface area (Å²) >= 11 is 0. The second kappa shape index (κ2) is 6.50. The zero-order chi connectivity index (χ0) is 16.3. The van der Waals surface area contributed by atoms with E-state index in [0.29, 0.717) is 5.82 Å². The Morgan fingerprint density at radius 3 is 2.83 bits per heavy atom. The number of rotatable bonds is 5. The quantitative estimate of drug-likeness (QED) is 0.881. The van der Waals surface area contributed by atoms with Gasteiger partial charge in [-0.05, 0) is 25.3 Å². The van der Waals surface area contributed by atoms with Crippen LogP contribution in [0.4, 0.5) is 0 Å². The Bertz CT molecular complexity index is 690. The van der Waals surface area contributed by atoms with E-state index in [-0.39, 0.29) is 24.8 Å². The van der Waals surface area contributed by atoms with Gasteiger partial charge in [-0.2, -0.15) is 4.98 Å². The maximum Gasteiger partial charge on any atom is 0.236 e. The summed E-state index contributed by atoms with van der Waals surface area (Å²) in [7, 11) is 0. The fourth-order valence-electron chi connectivity index (χ4n) is 2.93. The SMILES string of the molecule is Cc1ccccc1-c1noc(CC(=O)NCC2(O)CCCC2)n1. The summed E-state index contributed by atoms with van der Waals surface area (Å²) in [6.45, 7) is 2.25. The Balaban J connectivity index is 1.58. The molecular formula is C17H21N3O3. The van der Waals surface area contributed by atoms with E-state index in [0.717, 1.165) is 36.8 Å². The van der Waals surface area contributed by atoms with Crippen LogP contribution in [-0.4, -0.2) is 33.3 Å². The van der Waals surface area contributed by atoms with Gasteiger partial charge in [-0.15, -0.1) is 0 Å². The van der Waals surface area contributed by atoms with Crippen molar-refractivity contribution in [2.24, 2.45) is 0 Å². The summed E-state index contributed by atoms with van der Waals surface area (Å²) in [5, 5.41) is 16.9. The average Bonchev–Trinajstić information content (AvgIpc) is 3.16. The Kier molecular flexibility index (Phi) is 4.43. The maximum absolute atomic E-state index is 12.0. The summed E-state index contributed by atoms with van der Waals surface area (Å²) in [6, 6.07) is 7.74. The third kappa shape index (κ3) is 3.76. The molecule has 0 aliphatic heterocycles. The highest BCUT2D eigenvalue weighted by molar-refractivity contribution is 5.77. The molecule has 0 radical (unpaired) electrons. The number of benzene rings is 1. The molecule has 6 nitrogen and oxygen atoms in total. The van der Waals surface area contributed by atoms with E-state index in [1.54, 1.807) is 0 Å². The summed E-state index contributed by atoms with van der Waals surface area (Å²) in [4.78, 5) is 16.3. The van der Waals surface area contributed by atoms with Crippen LogP contribution in [0.2, 0.25) is 0 Å². The number of amides is 1. The Morgan fingerprint density at radius 2 is 2.09 bits per heavy atom. The number of hydrogen-bond donors (Lipinski definition) is 2. The van der Waals surface area contributed by atoms with Gasteiger partial charge in [-0.3, -0.25) is 4.79 Å². The molecule has 0 atom stereocenters. The van der Waals surface area contributed by atoms with Crippen LogP contribution < -0.4 is 5.32 Å². The number of aryl methyl sites for hydroxylation is 1. The van der Waals surface area contributed by atoms with Crippen LogP contribution in [0.1, 0.15) is 37.1 Å². The lowest BCUT2D eigenvalue weighted by atomic mass is 10.0. The third-order valence-electron chi connectivity index (χ3n) is 4.31. The first-order valence-corrected chi connectivity index (χ1v) is 7.93. The average molecular weight is 315 g/mol. The summed E-state index contributed by atoms with van der Waals surface area (Å²) in [5.41, 5.74) is 1.19. The Labute approximate surface area is 134 Å². The summed E-state index contributed by atoms with van der Waals surface area (Å²) in [6.07, 6.45) is 3.52. The molecule has 3 rings (SSSR count). The van der Waals surface area contributed by atoms with Gasteiger partial charge in [-0.25, -0.2) is 0 Å². The van der Waals surface area contributed by atoms with Crippen molar-refractivity contribution in [3.8, 4) is 11.4 Å². The first-order valence-electron chi connectivity index (χ1n) is 7.93. The van der Waals surface area contributed by atoms with Gasteiger partial charge in [0.1, 0.15) is 6.42 Å². The van der Waals surface area contributed by atoms with Crippen molar-refractivity contribution in [2.75, 3.05) is 6.54 Å². The van der Waals surface area contributed by atoms with E-state index in [1.807, 2.05) is 31.2 Å². The minimum absolute atomic E-state index is 0.0228. The predicted octanol–water partition coefficient (Wildman–Crippen LogP) is 2.01. The van der Waals surface area contributed by atoms with Crippen LogP contribution >= 0.6 is 0 Å². The number of aromatic nitrogens is 2. The van der Waals surface area contributed by atoms with Crippen molar-refractivity contribution >= 4 is 5.91 Å². The van der Waals surface area contributed by atoms with E-state index in [4.69, 9.17) is 4.52 Å². The first kappa shape index (κ1) is 15.7. The number of hydrogen-bond acceptors (Lipinski definition) is 5. The predicted molar refractivity (Wildman–Crippen MR) is 84.6 cm³/mol. The maximum atomic E-state index is 12.0. The monoisotopic (exact) mass is 315 g/mol. The lowest BCUT2D eigenvalue weighted by molar-refractivity contribution is -0.122. The lowest BCUT2D eigenvalue weighted by Gasteiger charge is -2.22. The number of carbonyl (C=O) groups is 1. The van der Waals surface area contributed by atoms with Crippen molar-refractivity contribution in [3.05, 3.63) is 35.7 Å². The van der Waals surface area contributed by atoms with Crippen LogP contribution in [0.15, 0.2) is 28.8 Å². The van der Waals surface area contributed by atoms with Crippen molar-refractivity contribution < 1.29 is 14.4 Å². The van der Waals surface area contributed by atoms with E-state index in [1.165, 1.54) is 0 Å². The molecule has 0 bridgehead atoms. The highest BCUT2D eigenvalue weighted by Crippen LogP contribution is 2.28. The van der Waals surface area contributed by atoms with Crippen LogP contribution in [0.3, 0.4) is 0 Å². The molecule has 122 valence electrons.